The molecule has 0 saturated heterocycles. The Morgan fingerprint density at radius 1 is 1.27 bits per heavy atom. The Morgan fingerprint density at radius 3 is 2.73 bits per heavy atom. The maximum Gasteiger partial charge on any atom is 0.133 e. The van der Waals surface area contributed by atoms with Crippen LogP contribution in [0.3, 0.4) is 0 Å². The Morgan fingerprint density at radius 2 is 2.07 bits per heavy atom. The predicted molar refractivity (Wildman–Crippen MR) is 54.6 cm³/mol. The van der Waals surface area contributed by atoms with Crippen molar-refractivity contribution in [2.24, 2.45) is 5.73 Å². The lowest BCUT2D eigenvalue weighted by molar-refractivity contribution is 0.580. The van der Waals surface area contributed by atoms with Crippen LogP contribution in [0.15, 0.2) is 36.2 Å². The van der Waals surface area contributed by atoms with Gasteiger partial charge in [-0.3, -0.25) is 0 Å². The first-order chi connectivity index (χ1) is 7.18. The van der Waals surface area contributed by atoms with Crippen molar-refractivity contribution >= 4 is 5.57 Å². The van der Waals surface area contributed by atoms with E-state index in [1.807, 2.05) is 0 Å². The van der Waals surface area contributed by atoms with E-state index in [2.05, 4.69) is 5.32 Å². The summed E-state index contributed by atoms with van der Waals surface area (Å²) in [6, 6.07) is 3.47. The van der Waals surface area contributed by atoms with Crippen LogP contribution in [0.4, 0.5) is 8.78 Å². The van der Waals surface area contributed by atoms with Gasteiger partial charge in [0.2, 0.25) is 0 Å². The molecule has 0 aliphatic carbocycles. The fourth-order valence-corrected chi connectivity index (χ4v) is 1.50. The number of hydrogen-bond acceptors (Lipinski definition) is 2. The first-order valence-electron chi connectivity index (χ1n) is 4.52. The molecule has 1 aromatic rings. The van der Waals surface area contributed by atoms with E-state index in [9.17, 15) is 8.78 Å². The van der Waals surface area contributed by atoms with Crippen molar-refractivity contribution in [1.82, 2.24) is 5.32 Å². The van der Waals surface area contributed by atoms with Gasteiger partial charge in [-0.1, -0.05) is 0 Å². The van der Waals surface area contributed by atoms with E-state index < -0.39 is 11.6 Å². The minimum Gasteiger partial charge on any atom is -0.398 e. The lowest BCUT2D eigenvalue weighted by Crippen LogP contribution is -2.18. The topological polar surface area (TPSA) is 38.0 Å². The second-order valence-electron chi connectivity index (χ2n) is 3.27. The summed E-state index contributed by atoms with van der Waals surface area (Å²) in [5.41, 5.74) is 7.20. The molecule has 78 valence electrons. The molecule has 0 aromatic heterocycles. The molecular formula is C11H10F2N2. The molecule has 2 nitrogen and oxygen atoms in total. The highest BCUT2D eigenvalue weighted by molar-refractivity contribution is 5.72. The van der Waals surface area contributed by atoms with Crippen LogP contribution in [-0.4, -0.2) is 6.54 Å². The van der Waals surface area contributed by atoms with Crippen LogP contribution in [0.5, 0.6) is 0 Å². The third kappa shape index (κ3) is 1.83. The van der Waals surface area contributed by atoms with Gasteiger partial charge >= 0.3 is 0 Å². The number of rotatable bonds is 1. The van der Waals surface area contributed by atoms with Crippen LogP contribution in [0.25, 0.3) is 5.57 Å². The number of benzene rings is 1. The lowest BCUT2D eigenvalue weighted by Gasteiger charge is -2.15. The van der Waals surface area contributed by atoms with Gasteiger partial charge in [0.25, 0.3) is 0 Å². The minimum atomic E-state index is -0.593. The van der Waals surface area contributed by atoms with Crippen molar-refractivity contribution in [2.45, 2.75) is 0 Å². The molecule has 0 bridgehead atoms. The number of nitrogens with two attached hydrogens (primary N) is 1. The molecule has 15 heavy (non-hydrogen) atoms. The summed E-state index contributed by atoms with van der Waals surface area (Å²) in [5.74, 6) is -1.18. The molecule has 1 heterocycles. The fraction of sp³-hybridized carbons (Fsp3) is 0.0909. The van der Waals surface area contributed by atoms with E-state index in [0.717, 1.165) is 6.07 Å². The molecular weight excluding hydrogens is 198 g/mol. The van der Waals surface area contributed by atoms with Gasteiger partial charge in [-0.25, -0.2) is 8.78 Å². The van der Waals surface area contributed by atoms with Crippen molar-refractivity contribution in [3.8, 4) is 0 Å². The molecule has 0 fully saturated rings. The third-order valence-corrected chi connectivity index (χ3v) is 2.26. The number of dihydropyridines is 1. The summed E-state index contributed by atoms with van der Waals surface area (Å²) >= 11 is 0. The molecule has 2 rings (SSSR count). The van der Waals surface area contributed by atoms with Gasteiger partial charge in [-0.15, -0.1) is 0 Å². The van der Waals surface area contributed by atoms with E-state index >= 15 is 0 Å². The summed E-state index contributed by atoms with van der Waals surface area (Å²) in [4.78, 5) is 0. The standard InChI is InChI=1S/C11H10F2N2/c12-7-1-2-8(10(13)5-7)9-6-15-4-3-11(9)14/h1-5,15H,6,14H2. The zero-order valence-corrected chi connectivity index (χ0v) is 7.93. The minimum absolute atomic E-state index is 0.339. The summed E-state index contributed by atoms with van der Waals surface area (Å²) in [6.07, 6.45) is 3.35. The molecule has 1 aromatic carbocycles. The number of hydrogen-bond donors (Lipinski definition) is 2. The van der Waals surface area contributed by atoms with Crippen LogP contribution < -0.4 is 11.1 Å². The summed E-state index contributed by atoms with van der Waals surface area (Å²) in [5, 5.41) is 2.93. The van der Waals surface area contributed by atoms with Gasteiger partial charge in [0.05, 0.1) is 0 Å². The highest BCUT2D eigenvalue weighted by atomic mass is 19.1. The Bertz CT molecular complexity index is 450. The largest absolute Gasteiger partial charge is 0.398 e. The van der Waals surface area contributed by atoms with Crippen molar-refractivity contribution in [2.75, 3.05) is 6.54 Å². The number of nitrogens with one attached hydrogen (secondary N) is 1. The second kappa shape index (κ2) is 3.73. The number of halogens is 2. The van der Waals surface area contributed by atoms with E-state index in [1.54, 1.807) is 12.3 Å². The molecule has 1 aliphatic rings. The van der Waals surface area contributed by atoms with Crippen molar-refractivity contribution < 1.29 is 8.78 Å². The first kappa shape index (κ1) is 9.71. The third-order valence-electron chi connectivity index (χ3n) is 2.26. The molecule has 0 radical (unpaired) electrons. The average molecular weight is 208 g/mol. The van der Waals surface area contributed by atoms with Crippen molar-refractivity contribution in [1.29, 1.82) is 0 Å². The Kier molecular flexibility index (Phi) is 2.41. The molecule has 0 atom stereocenters. The van der Waals surface area contributed by atoms with Gasteiger partial charge in [-0.05, 0) is 24.4 Å². The van der Waals surface area contributed by atoms with Crippen LogP contribution >= 0.6 is 0 Å². The molecule has 4 heteroatoms. The lowest BCUT2D eigenvalue weighted by atomic mass is 10.0. The summed E-state index contributed by atoms with van der Waals surface area (Å²) in [7, 11) is 0. The normalized spacial score (nSPS) is 15.3. The summed E-state index contributed by atoms with van der Waals surface area (Å²) in [6.45, 7) is 0.449. The van der Waals surface area contributed by atoms with Crippen molar-refractivity contribution in [3.63, 3.8) is 0 Å². The molecule has 0 unspecified atom stereocenters. The fourth-order valence-electron chi connectivity index (χ4n) is 1.50. The SMILES string of the molecule is NC1=C(c2ccc(F)cc2F)CNC=C1. The zero-order chi connectivity index (χ0) is 10.8. The molecule has 3 N–H and O–H groups in total. The van der Waals surface area contributed by atoms with Gasteiger partial charge in [0.15, 0.2) is 0 Å². The van der Waals surface area contributed by atoms with E-state index in [4.69, 9.17) is 5.73 Å². The quantitative estimate of drug-likeness (QED) is 0.737. The Balaban J connectivity index is 2.49. The molecule has 0 amide bonds. The zero-order valence-electron chi connectivity index (χ0n) is 7.93. The second-order valence-corrected chi connectivity index (χ2v) is 3.27. The Hall–Kier alpha value is -1.84. The van der Waals surface area contributed by atoms with E-state index in [1.165, 1.54) is 12.1 Å². The predicted octanol–water partition coefficient (Wildman–Crippen LogP) is 1.75. The molecule has 1 aliphatic heterocycles. The maximum absolute atomic E-state index is 13.4. The van der Waals surface area contributed by atoms with Gasteiger partial charge < -0.3 is 11.1 Å². The smallest absolute Gasteiger partial charge is 0.133 e. The van der Waals surface area contributed by atoms with E-state index in [0.29, 0.717) is 23.4 Å². The van der Waals surface area contributed by atoms with E-state index in [-0.39, 0.29) is 0 Å². The average Bonchev–Trinajstić information content (AvgIpc) is 2.20. The Labute approximate surface area is 86.1 Å². The highest BCUT2D eigenvalue weighted by Gasteiger charge is 2.12. The van der Waals surface area contributed by atoms with Crippen LogP contribution in [0.1, 0.15) is 5.56 Å². The monoisotopic (exact) mass is 208 g/mol. The summed E-state index contributed by atoms with van der Waals surface area (Å²) < 4.78 is 26.1. The van der Waals surface area contributed by atoms with Gasteiger partial charge in [0.1, 0.15) is 11.6 Å². The van der Waals surface area contributed by atoms with Gasteiger partial charge in [0, 0.05) is 29.4 Å². The first-order valence-corrected chi connectivity index (χ1v) is 4.52. The van der Waals surface area contributed by atoms with Gasteiger partial charge in [-0.2, -0.15) is 0 Å². The highest BCUT2D eigenvalue weighted by Crippen LogP contribution is 2.22. The van der Waals surface area contributed by atoms with Crippen molar-refractivity contribution in [3.05, 3.63) is 53.4 Å². The van der Waals surface area contributed by atoms with Crippen LogP contribution in [0, 0.1) is 11.6 Å². The number of allylic oxidation sites excluding steroid dienone is 1. The molecule has 0 spiro atoms. The van der Waals surface area contributed by atoms with Crippen LogP contribution in [-0.2, 0) is 0 Å². The maximum atomic E-state index is 13.4. The molecule has 0 saturated carbocycles. The van der Waals surface area contributed by atoms with Crippen LogP contribution in [0.2, 0.25) is 0 Å².